The van der Waals surface area contributed by atoms with Crippen molar-refractivity contribution in [3.63, 3.8) is 0 Å². The Labute approximate surface area is 210 Å². The van der Waals surface area contributed by atoms with Gasteiger partial charge in [0.2, 0.25) is 5.91 Å². The molecule has 1 aliphatic heterocycles. The summed E-state index contributed by atoms with van der Waals surface area (Å²) in [5.41, 5.74) is 1.27. The van der Waals surface area contributed by atoms with E-state index < -0.39 is 24.2 Å². The summed E-state index contributed by atoms with van der Waals surface area (Å²) in [6, 6.07) is 6.69. The molecule has 0 spiro atoms. The van der Waals surface area contributed by atoms with Crippen LogP contribution in [0, 0.1) is 5.92 Å². The highest BCUT2D eigenvalue weighted by molar-refractivity contribution is 6.35. The van der Waals surface area contributed by atoms with Crippen LogP contribution in [0.5, 0.6) is 0 Å². The maximum Gasteiger partial charge on any atom is 0.490 e. The number of aromatic nitrogens is 1. The Morgan fingerprint density at radius 3 is 2.31 bits per heavy atom. The van der Waals surface area contributed by atoms with Gasteiger partial charge in [-0.05, 0) is 55.9 Å². The number of carbonyl (C=O) groups excluding carboxylic acids is 1. The second kappa shape index (κ2) is 11.8. The molecular weight excluding hydrogens is 503 g/mol. The van der Waals surface area contributed by atoms with E-state index >= 15 is 0 Å². The van der Waals surface area contributed by atoms with Crippen LogP contribution in [0.1, 0.15) is 51.4 Å². The van der Waals surface area contributed by atoms with Gasteiger partial charge in [0.15, 0.2) is 0 Å². The fraction of sp³-hybridized carbons (Fsp3) is 0.500. The minimum Gasteiger partial charge on any atom is -0.480 e. The Balaban J connectivity index is 0.000000454. The number of nitrogens with one attached hydrogen (secondary N) is 1. The van der Waals surface area contributed by atoms with Gasteiger partial charge in [-0.25, -0.2) is 14.6 Å². The summed E-state index contributed by atoms with van der Waals surface area (Å²) in [5, 5.41) is 20.8. The molecule has 36 heavy (non-hydrogen) atoms. The molecule has 2 fully saturated rings. The molecule has 0 radical (unpaired) electrons. The SMILES string of the molecule is O=C(CC1CCCCC1)Nc1c(Cl)ccc2nc(N3CCC[C@@H]3C(=O)O)ccc12.O=C(O)C(F)(F)F. The third-order valence-corrected chi connectivity index (χ3v) is 6.66. The van der Waals surface area contributed by atoms with Gasteiger partial charge in [-0.1, -0.05) is 30.9 Å². The minimum absolute atomic E-state index is 0.0131. The smallest absolute Gasteiger partial charge is 0.480 e. The van der Waals surface area contributed by atoms with E-state index in [0.29, 0.717) is 47.3 Å². The zero-order chi connectivity index (χ0) is 26.5. The van der Waals surface area contributed by atoms with Gasteiger partial charge in [0.25, 0.3) is 0 Å². The van der Waals surface area contributed by atoms with Gasteiger partial charge in [0.1, 0.15) is 11.9 Å². The van der Waals surface area contributed by atoms with E-state index in [1.807, 2.05) is 23.1 Å². The standard InChI is InChI=1S/C22H26ClN3O3.C2HF3O2/c23-16-9-10-17-15(21(16)25-20(27)13-14-5-2-1-3-6-14)8-11-19(24-17)26-12-4-7-18(26)22(28)29;3-2(4,5)1(6)7/h8-11,14,18H,1-7,12-13H2,(H,25,27)(H,28,29);(H,6,7)/t18-;/m1./s1. The number of anilines is 2. The van der Waals surface area contributed by atoms with Gasteiger partial charge in [0.05, 0.1) is 16.2 Å². The molecule has 0 unspecified atom stereocenters. The Hall–Kier alpha value is -3.08. The molecule has 1 amide bonds. The van der Waals surface area contributed by atoms with Gasteiger partial charge in [-0.15, -0.1) is 0 Å². The Morgan fingerprint density at radius 2 is 1.69 bits per heavy atom. The molecule has 1 saturated heterocycles. The summed E-state index contributed by atoms with van der Waals surface area (Å²) in [7, 11) is 0. The first kappa shape index (κ1) is 27.5. The van der Waals surface area contributed by atoms with Gasteiger partial charge >= 0.3 is 18.1 Å². The highest BCUT2D eigenvalue weighted by atomic mass is 35.5. The number of fused-ring (bicyclic) bond motifs is 1. The van der Waals surface area contributed by atoms with E-state index in [9.17, 15) is 27.9 Å². The molecule has 1 aromatic carbocycles. The van der Waals surface area contributed by atoms with E-state index in [2.05, 4.69) is 10.3 Å². The second-order valence-corrected chi connectivity index (χ2v) is 9.31. The van der Waals surface area contributed by atoms with Crippen LogP contribution in [0.2, 0.25) is 5.02 Å². The fourth-order valence-electron chi connectivity index (χ4n) is 4.60. The molecule has 1 saturated carbocycles. The molecule has 0 bridgehead atoms. The van der Waals surface area contributed by atoms with Crippen LogP contribution < -0.4 is 10.2 Å². The lowest BCUT2D eigenvalue weighted by Crippen LogP contribution is -2.36. The van der Waals surface area contributed by atoms with Crippen molar-refractivity contribution in [3.8, 4) is 0 Å². The number of halogens is 4. The number of nitrogens with zero attached hydrogens (tertiary/aromatic N) is 2. The number of carbonyl (C=O) groups is 3. The fourth-order valence-corrected chi connectivity index (χ4v) is 4.81. The molecule has 1 atom stereocenters. The predicted octanol–water partition coefficient (Wildman–Crippen LogP) is 5.48. The molecule has 12 heteroatoms. The number of hydrogen-bond donors (Lipinski definition) is 3. The van der Waals surface area contributed by atoms with E-state index in [1.54, 1.807) is 6.07 Å². The molecule has 3 N–H and O–H groups in total. The van der Waals surface area contributed by atoms with E-state index in [1.165, 1.54) is 19.3 Å². The van der Waals surface area contributed by atoms with Crippen molar-refractivity contribution in [2.75, 3.05) is 16.8 Å². The van der Waals surface area contributed by atoms with Crippen LogP contribution in [-0.2, 0) is 14.4 Å². The molecule has 2 aliphatic rings. The molecular formula is C24H27ClF3N3O5. The third-order valence-electron chi connectivity index (χ3n) is 6.34. The molecule has 8 nitrogen and oxygen atoms in total. The largest absolute Gasteiger partial charge is 0.490 e. The summed E-state index contributed by atoms with van der Waals surface area (Å²) < 4.78 is 31.7. The first-order valence-electron chi connectivity index (χ1n) is 11.7. The van der Waals surface area contributed by atoms with Crippen molar-refractivity contribution < 1.29 is 37.8 Å². The van der Waals surface area contributed by atoms with E-state index in [0.717, 1.165) is 24.6 Å². The number of benzene rings is 1. The number of hydrogen-bond acceptors (Lipinski definition) is 5. The summed E-state index contributed by atoms with van der Waals surface area (Å²) >= 11 is 6.39. The summed E-state index contributed by atoms with van der Waals surface area (Å²) in [4.78, 5) is 39.5. The van der Waals surface area contributed by atoms with Crippen molar-refractivity contribution in [1.29, 1.82) is 0 Å². The zero-order valence-corrected chi connectivity index (χ0v) is 20.1. The van der Waals surface area contributed by atoms with Crippen molar-refractivity contribution in [2.24, 2.45) is 5.92 Å². The number of alkyl halides is 3. The van der Waals surface area contributed by atoms with E-state index in [4.69, 9.17) is 21.5 Å². The monoisotopic (exact) mass is 529 g/mol. The molecule has 2 heterocycles. The number of amides is 1. The average molecular weight is 530 g/mol. The van der Waals surface area contributed by atoms with Gasteiger partial charge in [-0.2, -0.15) is 13.2 Å². The second-order valence-electron chi connectivity index (χ2n) is 8.91. The van der Waals surface area contributed by atoms with Gasteiger partial charge in [0, 0.05) is 18.4 Å². The lowest BCUT2D eigenvalue weighted by atomic mass is 9.87. The number of aliphatic carboxylic acids is 2. The summed E-state index contributed by atoms with van der Waals surface area (Å²) in [5.74, 6) is -2.50. The van der Waals surface area contributed by atoms with Gasteiger partial charge in [-0.3, -0.25) is 4.79 Å². The lowest BCUT2D eigenvalue weighted by Gasteiger charge is -2.23. The topological polar surface area (TPSA) is 120 Å². The van der Waals surface area contributed by atoms with Crippen molar-refractivity contribution in [1.82, 2.24) is 4.98 Å². The normalized spacial score (nSPS) is 18.4. The maximum absolute atomic E-state index is 12.6. The predicted molar refractivity (Wildman–Crippen MR) is 128 cm³/mol. The Kier molecular flexibility index (Phi) is 8.99. The van der Waals surface area contributed by atoms with E-state index in [-0.39, 0.29) is 5.91 Å². The van der Waals surface area contributed by atoms with Crippen LogP contribution in [0.15, 0.2) is 24.3 Å². The minimum atomic E-state index is -5.08. The van der Waals surface area contributed by atoms with Crippen LogP contribution in [0.4, 0.5) is 24.7 Å². The number of pyridine rings is 1. The van der Waals surface area contributed by atoms with Crippen LogP contribution in [-0.4, -0.2) is 51.8 Å². The zero-order valence-electron chi connectivity index (χ0n) is 19.4. The average Bonchev–Trinajstić information content (AvgIpc) is 3.31. The molecule has 196 valence electrons. The maximum atomic E-state index is 12.6. The molecule has 1 aromatic heterocycles. The molecule has 2 aromatic rings. The third kappa shape index (κ3) is 6.99. The number of carboxylic acid groups (broad SMARTS) is 2. The summed E-state index contributed by atoms with van der Waals surface area (Å²) in [6.45, 7) is 0.675. The Morgan fingerprint density at radius 1 is 1.03 bits per heavy atom. The first-order chi connectivity index (χ1) is 17.0. The highest BCUT2D eigenvalue weighted by Gasteiger charge is 2.38. The van der Waals surface area contributed by atoms with Crippen molar-refractivity contribution in [2.45, 2.75) is 63.6 Å². The quantitative estimate of drug-likeness (QED) is 0.469. The van der Waals surface area contributed by atoms with Crippen molar-refractivity contribution in [3.05, 3.63) is 29.3 Å². The molecule has 4 rings (SSSR count). The number of carboxylic acids is 2. The van der Waals surface area contributed by atoms with Crippen molar-refractivity contribution >= 4 is 51.9 Å². The summed E-state index contributed by atoms with van der Waals surface area (Å²) in [6.07, 6.45) is 2.79. The first-order valence-corrected chi connectivity index (χ1v) is 12.0. The van der Waals surface area contributed by atoms with Crippen LogP contribution >= 0.6 is 11.6 Å². The van der Waals surface area contributed by atoms with Crippen LogP contribution in [0.25, 0.3) is 10.9 Å². The number of rotatable bonds is 5. The highest BCUT2D eigenvalue weighted by Crippen LogP contribution is 2.34. The lowest BCUT2D eigenvalue weighted by molar-refractivity contribution is -0.192. The Bertz CT molecular complexity index is 1120. The van der Waals surface area contributed by atoms with Gasteiger partial charge < -0.3 is 20.4 Å². The molecule has 1 aliphatic carbocycles. The van der Waals surface area contributed by atoms with Crippen LogP contribution in [0.3, 0.4) is 0 Å².